The maximum Gasteiger partial charge on any atom is 0.240 e. The minimum Gasteiger partial charge on any atom is -0.342 e. The van der Waals surface area contributed by atoms with E-state index in [0.29, 0.717) is 17.6 Å². The predicted molar refractivity (Wildman–Crippen MR) is 112 cm³/mol. The van der Waals surface area contributed by atoms with E-state index in [-0.39, 0.29) is 5.91 Å². The van der Waals surface area contributed by atoms with Gasteiger partial charge in [0.15, 0.2) is 0 Å². The third-order valence-corrected chi connectivity index (χ3v) is 6.02. The molecule has 2 aromatic heterocycles. The highest BCUT2D eigenvalue weighted by molar-refractivity contribution is 7.15. The lowest BCUT2D eigenvalue weighted by Gasteiger charge is -2.31. The number of unbranched alkanes of at least 4 members (excludes halogenated alkanes) is 1. The Bertz CT molecular complexity index is 903. The molecule has 0 radical (unpaired) electrons. The Labute approximate surface area is 168 Å². The molecule has 1 fully saturated rings. The molecule has 1 saturated heterocycles. The predicted octanol–water partition coefficient (Wildman–Crippen LogP) is 3.58. The molecule has 1 aliphatic heterocycles. The van der Waals surface area contributed by atoms with Crippen LogP contribution in [-0.2, 0) is 11.2 Å². The second-order valence-corrected chi connectivity index (χ2v) is 8.43. The fourth-order valence-electron chi connectivity index (χ4n) is 3.68. The maximum absolute atomic E-state index is 12.5. The van der Waals surface area contributed by atoms with Crippen molar-refractivity contribution in [2.24, 2.45) is 0 Å². The van der Waals surface area contributed by atoms with Crippen LogP contribution in [-0.4, -0.2) is 50.6 Å². The summed E-state index contributed by atoms with van der Waals surface area (Å²) in [6, 6.07) is 8.10. The van der Waals surface area contributed by atoms with Crippen LogP contribution in [0.25, 0.3) is 11.0 Å². The lowest BCUT2D eigenvalue weighted by molar-refractivity contribution is -0.117. The fraction of sp³-hybridized carbons (Fsp3) is 0.500. The van der Waals surface area contributed by atoms with Gasteiger partial charge in [-0.25, -0.2) is 4.98 Å². The summed E-state index contributed by atoms with van der Waals surface area (Å²) in [6.45, 7) is 4.30. The number of aromatic amines is 1. The molecule has 1 atom stereocenters. The summed E-state index contributed by atoms with van der Waals surface area (Å²) in [5.41, 5.74) is 2.07. The van der Waals surface area contributed by atoms with Crippen molar-refractivity contribution in [3.05, 3.63) is 35.1 Å². The van der Waals surface area contributed by atoms with E-state index in [9.17, 15) is 4.79 Å². The second-order valence-electron chi connectivity index (χ2n) is 7.37. The summed E-state index contributed by atoms with van der Waals surface area (Å²) in [4.78, 5) is 22.8. The summed E-state index contributed by atoms with van der Waals surface area (Å²) in [6.07, 6.45) is 5.31. The van der Waals surface area contributed by atoms with Gasteiger partial charge in [0, 0.05) is 18.9 Å². The molecular weight excluding hydrogens is 372 g/mol. The Morgan fingerprint density at radius 1 is 1.36 bits per heavy atom. The largest absolute Gasteiger partial charge is 0.342 e. The van der Waals surface area contributed by atoms with Crippen molar-refractivity contribution in [3.8, 4) is 0 Å². The van der Waals surface area contributed by atoms with Crippen molar-refractivity contribution in [2.45, 2.75) is 44.9 Å². The molecule has 1 aliphatic rings. The SMILES string of the molecule is CCCCc1nnc(NC(=O)CN2CCCC(c3nc4ccccc4[nH]3)C2)s1. The molecule has 1 unspecified atom stereocenters. The first-order chi connectivity index (χ1) is 13.7. The number of likely N-dealkylation sites (tertiary alicyclic amines) is 1. The van der Waals surface area contributed by atoms with Crippen LogP contribution in [0.15, 0.2) is 24.3 Å². The number of anilines is 1. The van der Waals surface area contributed by atoms with Gasteiger partial charge < -0.3 is 4.98 Å². The van der Waals surface area contributed by atoms with E-state index < -0.39 is 0 Å². The van der Waals surface area contributed by atoms with Crippen LogP contribution in [0, 0.1) is 0 Å². The third-order valence-electron chi connectivity index (χ3n) is 5.12. The molecule has 7 nitrogen and oxygen atoms in total. The molecule has 1 amide bonds. The molecule has 3 aromatic rings. The molecule has 0 bridgehead atoms. The molecule has 0 aliphatic carbocycles. The molecule has 3 heterocycles. The zero-order valence-electron chi connectivity index (χ0n) is 16.1. The van der Waals surface area contributed by atoms with Crippen molar-refractivity contribution < 1.29 is 4.79 Å². The average molecular weight is 399 g/mol. The lowest BCUT2D eigenvalue weighted by atomic mass is 9.97. The van der Waals surface area contributed by atoms with E-state index in [1.165, 1.54) is 11.3 Å². The van der Waals surface area contributed by atoms with Crippen LogP contribution < -0.4 is 5.32 Å². The van der Waals surface area contributed by atoms with E-state index in [1.54, 1.807) is 0 Å². The Morgan fingerprint density at radius 2 is 2.25 bits per heavy atom. The normalized spacial score (nSPS) is 17.8. The van der Waals surface area contributed by atoms with Crippen molar-refractivity contribution in [1.29, 1.82) is 0 Å². The smallest absolute Gasteiger partial charge is 0.240 e. The number of nitrogens with one attached hydrogen (secondary N) is 2. The number of piperidine rings is 1. The van der Waals surface area contributed by atoms with E-state index in [4.69, 9.17) is 4.98 Å². The highest BCUT2D eigenvalue weighted by atomic mass is 32.1. The Hall–Kier alpha value is -2.32. The van der Waals surface area contributed by atoms with Gasteiger partial charge in [0.05, 0.1) is 17.6 Å². The molecular formula is C20H26N6OS. The van der Waals surface area contributed by atoms with E-state index in [0.717, 1.165) is 67.1 Å². The van der Waals surface area contributed by atoms with Crippen LogP contribution in [0.4, 0.5) is 5.13 Å². The number of imidazole rings is 1. The number of amides is 1. The van der Waals surface area contributed by atoms with E-state index in [2.05, 4.69) is 38.4 Å². The number of aryl methyl sites for hydroxylation is 1. The fourth-order valence-corrected chi connectivity index (χ4v) is 4.48. The standard InChI is InChI=1S/C20H26N6OS/c1-2-3-10-18-24-25-20(28-18)23-17(27)13-26-11-6-7-14(12-26)19-21-15-8-4-5-9-16(15)22-19/h4-5,8-9,14H,2-3,6-7,10-13H2,1H3,(H,21,22)(H,23,25,27). The van der Waals surface area contributed by atoms with Crippen LogP contribution in [0.5, 0.6) is 0 Å². The quantitative estimate of drug-likeness (QED) is 0.635. The van der Waals surface area contributed by atoms with E-state index in [1.807, 2.05) is 18.2 Å². The lowest BCUT2D eigenvalue weighted by Crippen LogP contribution is -2.40. The average Bonchev–Trinajstić information content (AvgIpc) is 3.33. The van der Waals surface area contributed by atoms with Gasteiger partial charge in [0.2, 0.25) is 11.0 Å². The van der Waals surface area contributed by atoms with Crippen LogP contribution in [0.3, 0.4) is 0 Å². The maximum atomic E-state index is 12.5. The Balaban J connectivity index is 1.33. The number of benzene rings is 1. The second kappa shape index (κ2) is 8.79. The molecule has 148 valence electrons. The number of hydrogen-bond donors (Lipinski definition) is 2. The van der Waals surface area contributed by atoms with Gasteiger partial charge in [-0.05, 0) is 37.9 Å². The summed E-state index contributed by atoms with van der Waals surface area (Å²) in [5, 5.41) is 12.7. The van der Waals surface area contributed by atoms with Crippen molar-refractivity contribution in [3.63, 3.8) is 0 Å². The van der Waals surface area contributed by atoms with Gasteiger partial charge >= 0.3 is 0 Å². The van der Waals surface area contributed by atoms with Crippen molar-refractivity contribution >= 4 is 33.4 Å². The molecule has 0 saturated carbocycles. The number of para-hydroxylation sites is 2. The van der Waals surface area contributed by atoms with Gasteiger partial charge in [-0.1, -0.05) is 36.8 Å². The number of carbonyl (C=O) groups excluding carboxylic acids is 1. The molecule has 1 aromatic carbocycles. The summed E-state index contributed by atoms with van der Waals surface area (Å²) >= 11 is 1.48. The zero-order valence-corrected chi connectivity index (χ0v) is 17.0. The minimum absolute atomic E-state index is 0.0246. The monoisotopic (exact) mass is 398 g/mol. The van der Waals surface area contributed by atoms with Gasteiger partial charge in [-0.2, -0.15) is 0 Å². The number of aromatic nitrogens is 4. The molecule has 4 rings (SSSR count). The van der Waals surface area contributed by atoms with Crippen LogP contribution >= 0.6 is 11.3 Å². The molecule has 0 spiro atoms. The highest BCUT2D eigenvalue weighted by Gasteiger charge is 2.25. The number of nitrogens with zero attached hydrogens (tertiary/aromatic N) is 4. The van der Waals surface area contributed by atoms with Crippen molar-refractivity contribution in [2.75, 3.05) is 25.0 Å². The molecule has 2 N–H and O–H groups in total. The first-order valence-electron chi connectivity index (χ1n) is 10.0. The zero-order chi connectivity index (χ0) is 19.3. The number of H-pyrrole nitrogens is 1. The summed E-state index contributed by atoms with van der Waals surface area (Å²) < 4.78 is 0. The van der Waals surface area contributed by atoms with Gasteiger partial charge in [-0.3, -0.25) is 15.0 Å². The summed E-state index contributed by atoms with van der Waals surface area (Å²) in [7, 11) is 0. The molecule has 28 heavy (non-hydrogen) atoms. The first kappa shape index (κ1) is 19.0. The number of fused-ring (bicyclic) bond motifs is 1. The Kier molecular flexibility index (Phi) is 5.97. The minimum atomic E-state index is -0.0246. The number of rotatable bonds is 7. The van der Waals surface area contributed by atoms with Crippen LogP contribution in [0.1, 0.15) is 49.4 Å². The van der Waals surface area contributed by atoms with Crippen LogP contribution in [0.2, 0.25) is 0 Å². The highest BCUT2D eigenvalue weighted by Crippen LogP contribution is 2.26. The number of hydrogen-bond acceptors (Lipinski definition) is 6. The third kappa shape index (κ3) is 4.56. The van der Waals surface area contributed by atoms with Gasteiger partial charge in [0.25, 0.3) is 0 Å². The van der Waals surface area contributed by atoms with Crippen molar-refractivity contribution in [1.82, 2.24) is 25.1 Å². The van der Waals surface area contributed by atoms with Gasteiger partial charge in [0.1, 0.15) is 10.8 Å². The Morgan fingerprint density at radius 3 is 3.11 bits per heavy atom. The first-order valence-corrected chi connectivity index (χ1v) is 10.8. The summed E-state index contributed by atoms with van der Waals surface area (Å²) in [5.74, 6) is 1.33. The topological polar surface area (TPSA) is 86.8 Å². The van der Waals surface area contributed by atoms with Gasteiger partial charge in [-0.15, -0.1) is 10.2 Å². The molecule has 8 heteroatoms. The van der Waals surface area contributed by atoms with E-state index >= 15 is 0 Å². The number of carbonyl (C=O) groups is 1.